The van der Waals surface area contributed by atoms with Crippen LogP contribution >= 0.6 is 11.3 Å². The quantitative estimate of drug-likeness (QED) is 0.590. The van der Waals surface area contributed by atoms with E-state index in [1.807, 2.05) is 53.9 Å². The highest BCUT2D eigenvalue weighted by Crippen LogP contribution is 2.43. The second-order valence-electron chi connectivity index (χ2n) is 7.66. The van der Waals surface area contributed by atoms with Crippen LogP contribution in [0, 0.1) is 0 Å². The van der Waals surface area contributed by atoms with E-state index < -0.39 is 5.92 Å². The van der Waals surface area contributed by atoms with Gasteiger partial charge in [-0.05, 0) is 53.3 Å². The average Bonchev–Trinajstić information content (AvgIpc) is 3.35. The van der Waals surface area contributed by atoms with E-state index in [9.17, 15) is 9.59 Å². The molecule has 1 aliphatic heterocycles. The van der Waals surface area contributed by atoms with Gasteiger partial charge in [0.05, 0.1) is 26.2 Å². The summed E-state index contributed by atoms with van der Waals surface area (Å²) in [4.78, 5) is 29.2. The number of methoxy groups -OCH3 is 2. The standard InChI is InChI=1S/C25H26N2O4S/c1-27-23(21-9-6-14-32-21)22(18-7-4-5-8-19(18)25(27)29)24(28)26-13-12-16-15-17(30-2)10-11-20(16)31-3/h4-11,14-15,22-23H,12-13H2,1-3H3,(H,26,28)/t22-,23+/m0/s1. The normalized spacial score (nSPS) is 17.6. The van der Waals surface area contributed by atoms with Crippen molar-refractivity contribution in [2.75, 3.05) is 27.8 Å². The van der Waals surface area contributed by atoms with Gasteiger partial charge in [0.25, 0.3) is 5.91 Å². The molecule has 1 N–H and O–H groups in total. The lowest BCUT2D eigenvalue weighted by atomic mass is 9.81. The highest BCUT2D eigenvalue weighted by atomic mass is 32.1. The molecule has 6 nitrogen and oxygen atoms in total. The van der Waals surface area contributed by atoms with Crippen molar-refractivity contribution in [1.82, 2.24) is 10.2 Å². The van der Waals surface area contributed by atoms with Gasteiger partial charge in [0.1, 0.15) is 11.5 Å². The highest BCUT2D eigenvalue weighted by molar-refractivity contribution is 7.10. The van der Waals surface area contributed by atoms with Crippen molar-refractivity contribution in [3.8, 4) is 11.5 Å². The van der Waals surface area contributed by atoms with Crippen molar-refractivity contribution in [3.05, 3.63) is 81.5 Å². The van der Waals surface area contributed by atoms with Crippen LogP contribution in [0.25, 0.3) is 0 Å². The number of rotatable bonds is 7. The van der Waals surface area contributed by atoms with Crippen LogP contribution in [0.2, 0.25) is 0 Å². The van der Waals surface area contributed by atoms with E-state index in [0.717, 1.165) is 27.5 Å². The molecule has 4 rings (SSSR count). The number of likely N-dealkylation sites (N-methyl/N-ethyl adjacent to an activating group) is 1. The molecule has 166 valence electrons. The van der Waals surface area contributed by atoms with E-state index in [0.29, 0.717) is 18.5 Å². The largest absolute Gasteiger partial charge is 0.497 e. The Hall–Kier alpha value is -3.32. The van der Waals surface area contributed by atoms with Gasteiger partial charge in [-0.15, -0.1) is 11.3 Å². The zero-order valence-electron chi connectivity index (χ0n) is 18.3. The molecule has 0 saturated carbocycles. The minimum absolute atomic E-state index is 0.0656. The molecule has 0 spiro atoms. The molecule has 0 bridgehead atoms. The topological polar surface area (TPSA) is 67.9 Å². The van der Waals surface area contributed by atoms with E-state index in [4.69, 9.17) is 9.47 Å². The third-order valence-corrected chi connectivity index (χ3v) is 6.82. The maximum atomic E-state index is 13.5. The number of benzene rings is 2. The van der Waals surface area contributed by atoms with Gasteiger partial charge in [0.2, 0.25) is 5.91 Å². The lowest BCUT2D eigenvalue weighted by Gasteiger charge is -2.39. The van der Waals surface area contributed by atoms with Crippen molar-refractivity contribution >= 4 is 23.2 Å². The summed E-state index contributed by atoms with van der Waals surface area (Å²) >= 11 is 1.56. The molecule has 7 heteroatoms. The second-order valence-corrected chi connectivity index (χ2v) is 8.64. The molecule has 3 aromatic rings. The van der Waals surface area contributed by atoms with Crippen LogP contribution in [-0.4, -0.2) is 44.5 Å². The van der Waals surface area contributed by atoms with Gasteiger partial charge in [-0.1, -0.05) is 24.3 Å². The van der Waals surface area contributed by atoms with Crippen molar-refractivity contribution in [3.63, 3.8) is 0 Å². The zero-order chi connectivity index (χ0) is 22.7. The number of fused-ring (bicyclic) bond motifs is 1. The summed E-state index contributed by atoms with van der Waals surface area (Å²) in [6, 6.07) is 16.6. The fourth-order valence-corrected chi connectivity index (χ4v) is 5.18. The van der Waals surface area contributed by atoms with Crippen LogP contribution in [0.5, 0.6) is 11.5 Å². The summed E-state index contributed by atoms with van der Waals surface area (Å²) in [6.07, 6.45) is 0.596. The Morgan fingerprint density at radius 3 is 2.62 bits per heavy atom. The Bertz CT molecular complexity index is 1110. The number of carbonyl (C=O) groups is 2. The molecule has 2 aromatic carbocycles. The monoisotopic (exact) mass is 450 g/mol. The molecule has 0 unspecified atom stereocenters. The molecule has 0 fully saturated rings. The SMILES string of the molecule is COc1ccc(OC)c(CCNC(=O)[C@H]2c3ccccc3C(=O)N(C)[C@@H]2c2cccs2)c1. The molecule has 2 amide bonds. The first kappa shape index (κ1) is 21.9. The third-order valence-electron chi connectivity index (χ3n) is 5.88. The zero-order valence-corrected chi connectivity index (χ0v) is 19.1. The maximum absolute atomic E-state index is 13.5. The number of hydrogen-bond acceptors (Lipinski definition) is 5. The van der Waals surface area contributed by atoms with Crippen LogP contribution in [-0.2, 0) is 11.2 Å². The molecule has 0 saturated heterocycles. The van der Waals surface area contributed by atoms with Gasteiger partial charge in [-0.3, -0.25) is 9.59 Å². The molecule has 2 heterocycles. The highest BCUT2D eigenvalue weighted by Gasteiger charge is 2.42. The minimum atomic E-state index is -0.486. The summed E-state index contributed by atoms with van der Waals surface area (Å²) in [5, 5.41) is 5.06. The predicted octanol–water partition coefficient (Wildman–Crippen LogP) is 4.03. The Balaban J connectivity index is 1.58. The molecule has 1 aromatic heterocycles. The van der Waals surface area contributed by atoms with Gasteiger partial charge in [0.15, 0.2) is 0 Å². The average molecular weight is 451 g/mol. The van der Waals surface area contributed by atoms with Crippen molar-refractivity contribution in [1.29, 1.82) is 0 Å². The number of nitrogens with one attached hydrogen (secondary N) is 1. The number of carbonyl (C=O) groups excluding carboxylic acids is 2. The Labute approximate surface area is 191 Å². The smallest absolute Gasteiger partial charge is 0.254 e. The lowest BCUT2D eigenvalue weighted by Crippen LogP contribution is -2.45. The fraction of sp³-hybridized carbons (Fsp3) is 0.280. The summed E-state index contributed by atoms with van der Waals surface area (Å²) in [5.74, 6) is 0.845. The van der Waals surface area contributed by atoms with E-state index >= 15 is 0 Å². The fourth-order valence-electron chi connectivity index (χ4n) is 4.28. The number of amides is 2. The first-order chi connectivity index (χ1) is 15.5. The van der Waals surface area contributed by atoms with Crippen LogP contribution in [0.3, 0.4) is 0 Å². The van der Waals surface area contributed by atoms with Crippen LogP contribution in [0.1, 0.15) is 38.3 Å². The second kappa shape index (κ2) is 9.44. The summed E-state index contributed by atoms with van der Waals surface area (Å²) < 4.78 is 10.8. The Kier molecular flexibility index (Phi) is 6.46. The van der Waals surface area contributed by atoms with Gasteiger partial charge in [-0.25, -0.2) is 0 Å². The summed E-state index contributed by atoms with van der Waals surface area (Å²) in [6.45, 7) is 0.440. The van der Waals surface area contributed by atoms with Gasteiger partial charge in [-0.2, -0.15) is 0 Å². The number of nitrogens with zero attached hydrogens (tertiary/aromatic N) is 1. The molecule has 0 aliphatic carbocycles. The van der Waals surface area contributed by atoms with Crippen LogP contribution in [0.4, 0.5) is 0 Å². The third kappa shape index (κ3) is 4.08. The predicted molar refractivity (Wildman–Crippen MR) is 125 cm³/mol. The van der Waals surface area contributed by atoms with Crippen molar-refractivity contribution < 1.29 is 19.1 Å². The Morgan fingerprint density at radius 2 is 1.91 bits per heavy atom. The maximum Gasteiger partial charge on any atom is 0.254 e. The number of hydrogen-bond donors (Lipinski definition) is 1. The minimum Gasteiger partial charge on any atom is -0.497 e. The summed E-state index contributed by atoms with van der Waals surface area (Å²) in [5.41, 5.74) is 2.31. The van der Waals surface area contributed by atoms with E-state index in [2.05, 4.69) is 5.32 Å². The number of thiophene rings is 1. The van der Waals surface area contributed by atoms with Gasteiger partial charge in [0, 0.05) is 24.0 Å². The first-order valence-corrected chi connectivity index (χ1v) is 11.3. The summed E-state index contributed by atoms with van der Waals surface area (Å²) in [7, 11) is 5.02. The van der Waals surface area contributed by atoms with Crippen LogP contribution in [0.15, 0.2) is 60.0 Å². The molecule has 1 aliphatic rings. The van der Waals surface area contributed by atoms with E-state index in [1.54, 1.807) is 43.6 Å². The Morgan fingerprint density at radius 1 is 1.09 bits per heavy atom. The molecule has 2 atom stereocenters. The van der Waals surface area contributed by atoms with Crippen molar-refractivity contribution in [2.45, 2.75) is 18.4 Å². The lowest BCUT2D eigenvalue weighted by molar-refractivity contribution is -0.124. The molecular weight excluding hydrogens is 424 g/mol. The first-order valence-electron chi connectivity index (χ1n) is 10.4. The molecule has 32 heavy (non-hydrogen) atoms. The van der Waals surface area contributed by atoms with Gasteiger partial charge >= 0.3 is 0 Å². The van der Waals surface area contributed by atoms with Gasteiger partial charge < -0.3 is 19.7 Å². The van der Waals surface area contributed by atoms with Crippen molar-refractivity contribution in [2.24, 2.45) is 0 Å². The van der Waals surface area contributed by atoms with E-state index in [-0.39, 0.29) is 17.9 Å². The molecular formula is C25H26N2O4S. The van der Waals surface area contributed by atoms with E-state index in [1.165, 1.54) is 0 Å². The van der Waals surface area contributed by atoms with Crippen LogP contribution < -0.4 is 14.8 Å². The number of ether oxygens (including phenoxy) is 2. The molecule has 0 radical (unpaired) electrons.